The molecule has 0 saturated carbocycles. The summed E-state index contributed by atoms with van der Waals surface area (Å²) >= 11 is 0. The van der Waals surface area contributed by atoms with Gasteiger partial charge in [0, 0.05) is 6.54 Å². The molecule has 2 aromatic rings. The highest BCUT2D eigenvalue weighted by Crippen LogP contribution is 2.35. The zero-order valence-electron chi connectivity index (χ0n) is 15.0. The van der Waals surface area contributed by atoms with Crippen LogP contribution in [0.15, 0.2) is 60.7 Å². The molecule has 1 heterocycles. The lowest BCUT2D eigenvalue weighted by atomic mass is 9.81. The average molecular weight is 336 g/mol. The molecule has 4 nitrogen and oxygen atoms in total. The number of rotatable bonds is 4. The third-order valence-corrected chi connectivity index (χ3v) is 5.34. The van der Waals surface area contributed by atoms with E-state index in [9.17, 15) is 9.59 Å². The quantitative estimate of drug-likeness (QED) is 0.932. The first-order chi connectivity index (χ1) is 11.9. The first-order valence-corrected chi connectivity index (χ1v) is 8.66. The Hall–Kier alpha value is -2.62. The van der Waals surface area contributed by atoms with Crippen LogP contribution in [-0.4, -0.2) is 22.3 Å². The van der Waals surface area contributed by atoms with E-state index in [0.717, 1.165) is 11.1 Å². The molecule has 2 atom stereocenters. The van der Waals surface area contributed by atoms with E-state index in [1.54, 1.807) is 11.8 Å². The second-order valence-electron chi connectivity index (χ2n) is 6.95. The van der Waals surface area contributed by atoms with E-state index < -0.39 is 11.1 Å². The Labute approximate surface area is 148 Å². The fourth-order valence-corrected chi connectivity index (χ4v) is 3.36. The zero-order valence-corrected chi connectivity index (χ0v) is 15.0. The van der Waals surface area contributed by atoms with Gasteiger partial charge in [0.15, 0.2) is 0 Å². The van der Waals surface area contributed by atoms with Crippen molar-refractivity contribution in [2.24, 2.45) is 0 Å². The van der Waals surface area contributed by atoms with E-state index in [2.05, 4.69) is 5.32 Å². The summed E-state index contributed by atoms with van der Waals surface area (Å²) in [6.45, 7) is 5.99. The molecule has 1 aliphatic rings. The third-order valence-electron chi connectivity index (χ3n) is 5.34. The van der Waals surface area contributed by atoms with E-state index in [4.69, 9.17) is 0 Å². The molecule has 0 spiro atoms. The van der Waals surface area contributed by atoms with Gasteiger partial charge in [-0.25, -0.2) is 0 Å². The fourth-order valence-electron chi connectivity index (χ4n) is 3.36. The molecule has 1 fully saturated rings. The van der Waals surface area contributed by atoms with Gasteiger partial charge in [-0.1, -0.05) is 67.6 Å². The van der Waals surface area contributed by atoms with Gasteiger partial charge in [0.2, 0.25) is 5.91 Å². The van der Waals surface area contributed by atoms with Crippen molar-refractivity contribution in [2.45, 2.75) is 44.8 Å². The summed E-state index contributed by atoms with van der Waals surface area (Å²) in [5.41, 5.74) is -0.103. The Kier molecular flexibility index (Phi) is 4.38. The van der Waals surface area contributed by atoms with Gasteiger partial charge in [-0.3, -0.25) is 9.59 Å². The van der Waals surface area contributed by atoms with Gasteiger partial charge in [0.1, 0.15) is 11.1 Å². The minimum absolute atomic E-state index is 0.0773. The molecule has 2 aromatic carbocycles. The normalized spacial score (nSPS) is 26.4. The van der Waals surface area contributed by atoms with Gasteiger partial charge >= 0.3 is 0 Å². The molecule has 2 unspecified atom stereocenters. The highest BCUT2D eigenvalue weighted by atomic mass is 16.2. The summed E-state index contributed by atoms with van der Waals surface area (Å²) in [5, 5.41) is 2.99. The van der Waals surface area contributed by atoms with Crippen LogP contribution in [0.4, 0.5) is 0 Å². The predicted molar refractivity (Wildman–Crippen MR) is 97.6 cm³/mol. The van der Waals surface area contributed by atoms with E-state index in [1.165, 1.54) is 0 Å². The van der Waals surface area contributed by atoms with Crippen molar-refractivity contribution in [3.8, 4) is 0 Å². The van der Waals surface area contributed by atoms with Crippen LogP contribution in [0.2, 0.25) is 0 Å². The van der Waals surface area contributed by atoms with Gasteiger partial charge in [-0.2, -0.15) is 0 Å². The third kappa shape index (κ3) is 2.82. The molecule has 4 heteroatoms. The first-order valence-electron chi connectivity index (χ1n) is 8.66. The maximum absolute atomic E-state index is 13.5. The molecule has 0 bridgehead atoms. The van der Waals surface area contributed by atoms with Crippen molar-refractivity contribution < 1.29 is 9.59 Å². The maximum Gasteiger partial charge on any atom is 0.253 e. The summed E-state index contributed by atoms with van der Waals surface area (Å²) < 4.78 is 0. The molecule has 1 aliphatic heterocycles. The molecule has 1 N–H and O–H groups in total. The van der Waals surface area contributed by atoms with Crippen molar-refractivity contribution in [1.29, 1.82) is 0 Å². The summed E-state index contributed by atoms with van der Waals surface area (Å²) in [6.07, 6.45) is 0.558. The Morgan fingerprint density at radius 3 is 2.04 bits per heavy atom. The van der Waals surface area contributed by atoms with Gasteiger partial charge in [-0.15, -0.1) is 0 Å². The number of hydrogen-bond donors (Lipinski definition) is 1. The number of piperazine rings is 1. The van der Waals surface area contributed by atoms with Crippen molar-refractivity contribution in [1.82, 2.24) is 10.2 Å². The number of nitrogens with one attached hydrogen (secondary N) is 1. The second-order valence-corrected chi connectivity index (χ2v) is 6.95. The Balaban J connectivity index is 2.05. The average Bonchev–Trinajstić information content (AvgIpc) is 2.65. The molecule has 3 rings (SSSR count). The molecule has 2 amide bonds. The summed E-state index contributed by atoms with van der Waals surface area (Å²) in [5.74, 6) is -0.191. The lowest BCUT2D eigenvalue weighted by Gasteiger charge is -2.50. The number of benzene rings is 2. The van der Waals surface area contributed by atoms with Crippen molar-refractivity contribution in [2.75, 3.05) is 0 Å². The molecule has 25 heavy (non-hydrogen) atoms. The standard InChI is InChI=1S/C21H24N2O2/c1-4-20(2)18(24)22-21(3,17-13-9-6-10-14-17)19(25)23(20)15-16-11-7-5-8-12-16/h5-14H,4,15H2,1-3H3,(H,22,24). The van der Waals surface area contributed by atoms with E-state index in [1.807, 2.05) is 74.5 Å². The van der Waals surface area contributed by atoms with E-state index in [-0.39, 0.29) is 11.8 Å². The summed E-state index contributed by atoms with van der Waals surface area (Å²) in [4.78, 5) is 28.2. The highest BCUT2D eigenvalue weighted by Gasteiger charge is 2.54. The molecular weight excluding hydrogens is 312 g/mol. The van der Waals surface area contributed by atoms with Crippen LogP contribution in [0.25, 0.3) is 0 Å². The first kappa shape index (κ1) is 17.2. The van der Waals surface area contributed by atoms with Crippen LogP contribution in [0.5, 0.6) is 0 Å². The van der Waals surface area contributed by atoms with Gasteiger partial charge in [0.25, 0.3) is 5.91 Å². The fraction of sp³-hybridized carbons (Fsp3) is 0.333. The maximum atomic E-state index is 13.5. The van der Waals surface area contributed by atoms with Crippen LogP contribution >= 0.6 is 0 Å². The monoisotopic (exact) mass is 336 g/mol. The molecule has 0 radical (unpaired) electrons. The molecule has 0 aliphatic carbocycles. The van der Waals surface area contributed by atoms with Crippen LogP contribution in [0.1, 0.15) is 38.3 Å². The number of nitrogens with zero attached hydrogens (tertiary/aromatic N) is 1. The lowest BCUT2D eigenvalue weighted by molar-refractivity contribution is -0.163. The van der Waals surface area contributed by atoms with Gasteiger partial charge in [-0.05, 0) is 31.4 Å². The molecule has 0 aromatic heterocycles. The van der Waals surface area contributed by atoms with Gasteiger partial charge in [0.05, 0.1) is 0 Å². The van der Waals surface area contributed by atoms with Crippen LogP contribution < -0.4 is 5.32 Å². The number of amides is 2. The lowest BCUT2D eigenvalue weighted by Crippen LogP contribution is -2.72. The Morgan fingerprint density at radius 1 is 0.920 bits per heavy atom. The van der Waals surface area contributed by atoms with Crippen molar-refractivity contribution >= 4 is 11.8 Å². The van der Waals surface area contributed by atoms with Crippen LogP contribution in [0.3, 0.4) is 0 Å². The largest absolute Gasteiger partial charge is 0.336 e. The van der Waals surface area contributed by atoms with Gasteiger partial charge < -0.3 is 10.2 Å². The number of carbonyl (C=O) groups excluding carboxylic acids is 2. The molecule has 130 valence electrons. The predicted octanol–water partition coefficient (Wildman–Crippen LogP) is 3.23. The van der Waals surface area contributed by atoms with Crippen LogP contribution in [-0.2, 0) is 21.7 Å². The van der Waals surface area contributed by atoms with E-state index in [0.29, 0.717) is 13.0 Å². The Bertz CT molecular complexity index is 775. The Morgan fingerprint density at radius 2 is 1.48 bits per heavy atom. The molecule has 1 saturated heterocycles. The van der Waals surface area contributed by atoms with Crippen LogP contribution in [0, 0.1) is 0 Å². The minimum Gasteiger partial charge on any atom is -0.336 e. The number of hydrogen-bond acceptors (Lipinski definition) is 2. The second kappa shape index (κ2) is 6.36. The summed E-state index contributed by atoms with van der Waals surface area (Å²) in [7, 11) is 0. The van der Waals surface area contributed by atoms with Crippen molar-refractivity contribution in [3.63, 3.8) is 0 Å². The smallest absolute Gasteiger partial charge is 0.253 e. The zero-order chi connectivity index (χ0) is 18.1. The van der Waals surface area contributed by atoms with Crippen molar-refractivity contribution in [3.05, 3.63) is 71.8 Å². The number of carbonyl (C=O) groups is 2. The summed E-state index contributed by atoms with van der Waals surface area (Å²) in [6, 6.07) is 19.2. The highest BCUT2D eigenvalue weighted by molar-refractivity contribution is 6.02. The SMILES string of the molecule is CCC1(C)C(=O)NC(C)(c2ccccc2)C(=O)N1Cc1ccccc1. The topological polar surface area (TPSA) is 49.4 Å². The van der Waals surface area contributed by atoms with E-state index >= 15 is 0 Å². The molecular formula is C21H24N2O2. The minimum atomic E-state index is -1.05.